The number of hydrogen-bond donors (Lipinski definition) is 2. The number of rotatable bonds is 6. The third-order valence-corrected chi connectivity index (χ3v) is 3.98. The van der Waals surface area contributed by atoms with Gasteiger partial charge in [0.05, 0.1) is 4.88 Å². The Kier molecular flexibility index (Phi) is 5.42. The van der Waals surface area contributed by atoms with E-state index in [-0.39, 0.29) is 5.91 Å². The van der Waals surface area contributed by atoms with Gasteiger partial charge < -0.3 is 11.1 Å². The minimum absolute atomic E-state index is 0.0380. The number of thioether (sulfide) groups is 1. The molecule has 3 N–H and O–H groups in total. The first-order valence-corrected chi connectivity index (χ1v) is 6.95. The Morgan fingerprint density at radius 1 is 1.75 bits per heavy atom. The smallest absolute Gasteiger partial charge is 0.261 e. The number of aryl methyl sites for hydroxylation is 1. The Hall–Kier alpha value is -0.940. The Balaban J connectivity index is 2.32. The number of amides is 1. The second-order valence-corrected chi connectivity index (χ2v) is 5.65. The van der Waals surface area contributed by atoms with Crippen molar-refractivity contribution < 1.29 is 4.79 Å². The molecule has 0 aliphatic heterocycles. The summed E-state index contributed by atoms with van der Waals surface area (Å²) < 4.78 is 0. The molecule has 1 aromatic heterocycles. The first-order valence-electron chi connectivity index (χ1n) is 4.98. The second kappa shape index (κ2) is 6.60. The van der Waals surface area contributed by atoms with Gasteiger partial charge in [0.1, 0.15) is 0 Å². The van der Waals surface area contributed by atoms with Gasteiger partial charge in [0.15, 0.2) is 0 Å². The van der Waals surface area contributed by atoms with Crippen LogP contribution < -0.4 is 11.1 Å². The van der Waals surface area contributed by atoms with Crippen LogP contribution in [0, 0.1) is 6.92 Å². The van der Waals surface area contributed by atoms with Crippen LogP contribution in [0.15, 0.2) is 18.7 Å². The van der Waals surface area contributed by atoms with E-state index in [0.717, 1.165) is 16.4 Å². The number of carbonyl (C=O) groups is 1. The molecule has 1 amide bonds. The summed E-state index contributed by atoms with van der Waals surface area (Å²) >= 11 is 3.18. The quantitative estimate of drug-likeness (QED) is 0.606. The molecule has 1 aromatic rings. The number of anilines is 1. The summed E-state index contributed by atoms with van der Waals surface area (Å²) in [5, 5.41) is 2.86. The molecule has 88 valence electrons. The highest BCUT2D eigenvalue weighted by Gasteiger charge is 2.09. The van der Waals surface area contributed by atoms with Crippen LogP contribution in [0.25, 0.3) is 0 Å². The van der Waals surface area contributed by atoms with Crippen molar-refractivity contribution in [2.75, 3.05) is 23.8 Å². The summed E-state index contributed by atoms with van der Waals surface area (Å²) in [6.45, 7) is 6.22. The summed E-state index contributed by atoms with van der Waals surface area (Å²) in [5.74, 6) is 1.78. The Morgan fingerprint density at radius 3 is 3.06 bits per heavy atom. The van der Waals surface area contributed by atoms with E-state index in [4.69, 9.17) is 5.73 Å². The first-order chi connectivity index (χ1) is 7.65. The van der Waals surface area contributed by atoms with Crippen molar-refractivity contribution in [3.8, 4) is 0 Å². The molecule has 0 aliphatic carbocycles. The fourth-order valence-corrected chi connectivity index (χ4v) is 2.54. The van der Waals surface area contributed by atoms with Crippen molar-refractivity contribution in [1.29, 1.82) is 0 Å². The molecule has 0 saturated heterocycles. The molecule has 3 nitrogen and oxygen atoms in total. The number of hydrogen-bond acceptors (Lipinski definition) is 4. The van der Waals surface area contributed by atoms with Gasteiger partial charge in [-0.15, -0.1) is 17.9 Å². The normalized spacial score (nSPS) is 10.1. The molecule has 16 heavy (non-hydrogen) atoms. The van der Waals surface area contributed by atoms with Gasteiger partial charge in [-0.2, -0.15) is 11.8 Å². The van der Waals surface area contributed by atoms with Crippen LogP contribution in [0.4, 0.5) is 5.69 Å². The second-order valence-electron chi connectivity index (χ2n) is 3.24. The van der Waals surface area contributed by atoms with Crippen LogP contribution in [0.2, 0.25) is 0 Å². The molecule has 1 rings (SSSR count). The fourth-order valence-electron chi connectivity index (χ4n) is 1.10. The Labute approximate surface area is 104 Å². The van der Waals surface area contributed by atoms with Gasteiger partial charge in [-0.1, -0.05) is 6.08 Å². The van der Waals surface area contributed by atoms with E-state index in [9.17, 15) is 4.79 Å². The maximum atomic E-state index is 11.7. The van der Waals surface area contributed by atoms with Crippen molar-refractivity contribution in [3.63, 3.8) is 0 Å². The summed E-state index contributed by atoms with van der Waals surface area (Å²) in [6, 6.07) is 1.73. The molecule has 0 saturated carbocycles. The van der Waals surface area contributed by atoms with Crippen LogP contribution in [-0.2, 0) is 0 Å². The minimum Gasteiger partial charge on any atom is -0.398 e. The van der Waals surface area contributed by atoms with Crippen molar-refractivity contribution in [2.24, 2.45) is 0 Å². The van der Waals surface area contributed by atoms with E-state index in [1.165, 1.54) is 11.3 Å². The highest BCUT2D eigenvalue weighted by Crippen LogP contribution is 2.22. The van der Waals surface area contributed by atoms with Gasteiger partial charge in [-0.3, -0.25) is 4.79 Å². The van der Waals surface area contributed by atoms with E-state index in [1.54, 1.807) is 17.8 Å². The van der Waals surface area contributed by atoms with Gasteiger partial charge >= 0.3 is 0 Å². The molecule has 0 atom stereocenters. The molecule has 0 spiro atoms. The molecular weight excluding hydrogens is 240 g/mol. The third kappa shape index (κ3) is 3.90. The fraction of sp³-hybridized carbons (Fsp3) is 0.364. The van der Waals surface area contributed by atoms with Crippen LogP contribution >= 0.6 is 23.1 Å². The Bertz CT molecular complexity index is 355. The molecule has 0 fully saturated rings. The highest BCUT2D eigenvalue weighted by atomic mass is 32.2. The monoisotopic (exact) mass is 256 g/mol. The molecule has 1 heterocycles. The summed E-state index contributed by atoms with van der Waals surface area (Å²) in [4.78, 5) is 13.3. The lowest BCUT2D eigenvalue weighted by molar-refractivity contribution is 0.0960. The topological polar surface area (TPSA) is 55.1 Å². The summed E-state index contributed by atoms with van der Waals surface area (Å²) in [5.41, 5.74) is 6.38. The zero-order chi connectivity index (χ0) is 12.0. The van der Waals surface area contributed by atoms with E-state index in [0.29, 0.717) is 17.1 Å². The molecule has 0 aliphatic rings. The lowest BCUT2D eigenvalue weighted by Gasteiger charge is -2.01. The van der Waals surface area contributed by atoms with Crippen molar-refractivity contribution >= 4 is 34.7 Å². The number of carbonyl (C=O) groups excluding carboxylic acids is 1. The van der Waals surface area contributed by atoms with Gasteiger partial charge in [-0.25, -0.2) is 0 Å². The van der Waals surface area contributed by atoms with Crippen LogP contribution in [0.3, 0.4) is 0 Å². The summed E-state index contributed by atoms with van der Waals surface area (Å²) in [7, 11) is 0. The van der Waals surface area contributed by atoms with E-state index in [1.807, 2.05) is 13.0 Å². The predicted molar refractivity (Wildman–Crippen MR) is 73.3 cm³/mol. The van der Waals surface area contributed by atoms with Gasteiger partial charge in [-0.05, 0) is 13.0 Å². The highest BCUT2D eigenvalue weighted by molar-refractivity contribution is 7.99. The molecule has 0 radical (unpaired) electrons. The standard InChI is InChI=1S/C11H16N2OS2/c1-3-5-15-6-4-13-11(14)10-7-9(12)8(2)16-10/h3,7H,1,4-6,12H2,2H3,(H,13,14). The lowest BCUT2D eigenvalue weighted by Crippen LogP contribution is -2.24. The SMILES string of the molecule is C=CCSCCNC(=O)c1cc(N)c(C)s1. The number of nitrogens with one attached hydrogen (secondary N) is 1. The van der Waals surface area contributed by atoms with Gasteiger partial charge in [0, 0.05) is 28.6 Å². The maximum Gasteiger partial charge on any atom is 0.261 e. The zero-order valence-corrected chi connectivity index (χ0v) is 10.9. The largest absolute Gasteiger partial charge is 0.398 e. The average molecular weight is 256 g/mol. The van der Waals surface area contributed by atoms with Crippen LogP contribution in [0.5, 0.6) is 0 Å². The average Bonchev–Trinajstić information content (AvgIpc) is 2.59. The van der Waals surface area contributed by atoms with Gasteiger partial charge in [0.2, 0.25) is 0 Å². The molecule has 0 bridgehead atoms. The van der Waals surface area contributed by atoms with E-state index in [2.05, 4.69) is 11.9 Å². The van der Waals surface area contributed by atoms with Crippen molar-refractivity contribution in [3.05, 3.63) is 28.5 Å². The number of thiophene rings is 1. The third-order valence-electron chi connectivity index (χ3n) is 1.95. The maximum absolute atomic E-state index is 11.7. The van der Waals surface area contributed by atoms with Crippen molar-refractivity contribution in [2.45, 2.75) is 6.92 Å². The number of nitrogen functional groups attached to an aromatic ring is 1. The Morgan fingerprint density at radius 2 is 2.50 bits per heavy atom. The summed E-state index contributed by atoms with van der Waals surface area (Å²) in [6.07, 6.45) is 1.86. The van der Waals surface area contributed by atoms with Crippen LogP contribution in [-0.4, -0.2) is 24.0 Å². The molecule has 0 aromatic carbocycles. The lowest BCUT2D eigenvalue weighted by atomic mass is 10.3. The number of nitrogens with two attached hydrogens (primary N) is 1. The van der Waals surface area contributed by atoms with E-state index < -0.39 is 0 Å². The van der Waals surface area contributed by atoms with E-state index >= 15 is 0 Å². The molecule has 5 heteroatoms. The molecular formula is C11H16N2OS2. The van der Waals surface area contributed by atoms with Crippen LogP contribution in [0.1, 0.15) is 14.5 Å². The predicted octanol–water partition coefficient (Wildman–Crippen LogP) is 2.29. The molecule has 0 unspecified atom stereocenters. The van der Waals surface area contributed by atoms with Gasteiger partial charge in [0.25, 0.3) is 5.91 Å². The van der Waals surface area contributed by atoms with Crippen molar-refractivity contribution in [1.82, 2.24) is 5.32 Å². The first kappa shape index (κ1) is 13.1. The zero-order valence-electron chi connectivity index (χ0n) is 9.29. The minimum atomic E-state index is -0.0380.